The lowest BCUT2D eigenvalue weighted by Gasteiger charge is -2.07. The molecule has 0 aromatic heterocycles. The van der Waals surface area contributed by atoms with Gasteiger partial charge in [0.2, 0.25) is 0 Å². The van der Waals surface area contributed by atoms with Gasteiger partial charge in [0.1, 0.15) is 0 Å². The monoisotopic (exact) mass is 621 g/mol. The number of carbonyl (C=O) groups is 1. The van der Waals surface area contributed by atoms with Crippen molar-refractivity contribution in [2.24, 2.45) is 5.92 Å². The third kappa shape index (κ3) is 37.7. The Kier molecular flexibility index (Phi) is 38.2. The smallest absolute Gasteiger partial charge is 0.305 e. The summed E-state index contributed by atoms with van der Waals surface area (Å²) in [6, 6.07) is 0. The van der Waals surface area contributed by atoms with Gasteiger partial charge in [-0.15, -0.1) is 0 Å². The Labute approximate surface area is 279 Å². The SMILES string of the molecule is CCCCCCCCCCCC(=O)OCCCCCCCCCCCCCCCCCCCCCCCCCCC(C)CC. The van der Waals surface area contributed by atoms with E-state index in [1.807, 2.05) is 0 Å². The zero-order chi connectivity index (χ0) is 32.0. The van der Waals surface area contributed by atoms with Gasteiger partial charge < -0.3 is 4.74 Å². The van der Waals surface area contributed by atoms with Gasteiger partial charge in [0.15, 0.2) is 0 Å². The lowest BCUT2D eigenvalue weighted by Crippen LogP contribution is -2.05. The van der Waals surface area contributed by atoms with Gasteiger partial charge in [-0.2, -0.15) is 0 Å². The second-order valence-corrected chi connectivity index (χ2v) is 14.6. The molecule has 0 radical (unpaired) electrons. The summed E-state index contributed by atoms with van der Waals surface area (Å²) in [5.74, 6) is 0.964. The molecule has 0 saturated heterocycles. The standard InChI is InChI=1S/C42H84O2/c1-4-6-7-8-9-26-30-33-36-39-42(43)44-40-37-34-31-28-25-23-21-19-17-15-13-11-10-12-14-16-18-20-22-24-27-29-32-35-38-41(3)5-2/h41H,4-40H2,1-3H3. The number of carbonyl (C=O) groups excluding carboxylic acids is 1. The highest BCUT2D eigenvalue weighted by atomic mass is 16.5. The van der Waals surface area contributed by atoms with Crippen molar-refractivity contribution in [2.45, 2.75) is 252 Å². The summed E-state index contributed by atoms with van der Waals surface area (Å²) in [4.78, 5) is 11.9. The van der Waals surface area contributed by atoms with Crippen LogP contribution in [0.25, 0.3) is 0 Å². The van der Waals surface area contributed by atoms with Crippen LogP contribution in [0.2, 0.25) is 0 Å². The van der Waals surface area contributed by atoms with Crippen LogP contribution in [0.4, 0.5) is 0 Å². The average Bonchev–Trinajstić information content (AvgIpc) is 3.03. The highest BCUT2D eigenvalue weighted by Crippen LogP contribution is 2.17. The Morgan fingerprint density at radius 2 is 0.705 bits per heavy atom. The largest absolute Gasteiger partial charge is 0.466 e. The van der Waals surface area contributed by atoms with Gasteiger partial charge in [-0.25, -0.2) is 0 Å². The Bertz CT molecular complexity index is 530. The Morgan fingerprint density at radius 1 is 0.409 bits per heavy atom. The van der Waals surface area contributed by atoms with Gasteiger partial charge in [0, 0.05) is 6.42 Å². The number of unbranched alkanes of at least 4 members (excludes halogenated alkanes) is 31. The molecule has 264 valence electrons. The van der Waals surface area contributed by atoms with Crippen LogP contribution >= 0.6 is 0 Å². The third-order valence-corrected chi connectivity index (χ3v) is 10.0. The number of hydrogen-bond acceptors (Lipinski definition) is 2. The van der Waals surface area contributed by atoms with Crippen LogP contribution in [-0.2, 0) is 9.53 Å². The molecular formula is C42H84O2. The maximum absolute atomic E-state index is 11.9. The van der Waals surface area contributed by atoms with E-state index >= 15 is 0 Å². The fraction of sp³-hybridized carbons (Fsp3) is 0.976. The first-order valence-corrected chi connectivity index (χ1v) is 20.9. The average molecular weight is 621 g/mol. The molecule has 0 heterocycles. The summed E-state index contributed by atoms with van der Waals surface area (Å²) in [5, 5.41) is 0. The fourth-order valence-corrected chi connectivity index (χ4v) is 6.53. The predicted octanol–water partition coefficient (Wildman–Crippen LogP) is 15.2. The quantitative estimate of drug-likeness (QED) is 0.0507. The molecule has 0 N–H and O–H groups in total. The molecule has 2 nitrogen and oxygen atoms in total. The maximum atomic E-state index is 11.9. The maximum Gasteiger partial charge on any atom is 0.305 e. The summed E-state index contributed by atoms with van der Waals surface area (Å²) >= 11 is 0. The van der Waals surface area contributed by atoms with Crippen LogP contribution in [0.3, 0.4) is 0 Å². The topological polar surface area (TPSA) is 26.3 Å². The van der Waals surface area contributed by atoms with Gasteiger partial charge >= 0.3 is 5.97 Å². The Morgan fingerprint density at radius 3 is 1.05 bits per heavy atom. The van der Waals surface area contributed by atoms with E-state index in [1.54, 1.807) is 0 Å². The van der Waals surface area contributed by atoms with Gasteiger partial charge in [-0.3, -0.25) is 4.79 Å². The molecule has 0 spiro atoms. The normalized spacial score (nSPS) is 12.2. The molecule has 0 fully saturated rings. The lowest BCUT2D eigenvalue weighted by atomic mass is 9.99. The first-order chi connectivity index (χ1) is 21.7. The molecule has 0 aliphatic carbocycles. The molecule has 44 heavy (non-hydrogen) atoms. The first kappa shape index (κ1) is 43.5. The summed E-state index contributed by atoms with van der Waals surface area (Å²) in [6.07, 6.45) is 49.1. The molecule has 0 aliphatic heterocycles. The summed E-state index contributed by atoms with van der Waals surface area (Å²) in [5.41, 5.74) is 0. The second kappa shape index (κ2) is 38.7. The van der Waals surface area contributed by atoms with Crippen molar-refractivity contribution in [3.05, 3.63) is 0 Å². The summed E-state index contributed by atoms with van der Waals surface area (Å²) < 4.78 is 5.43. The number of ether oxygens (including phenoxy) is 1. The van der Waals surface area contributed by atoms with Crippen molar-refractivity contribution in [3.8, 4) is 0 Å². The van der Waals surface area contributed by atoms with Crippen molar-refractivity contribution < 1.29 is 9.53 Å². The van der Waals surface area contributed by atoms with Crippen LogP contribution in [0.1, 0.15) is 252 Å². The molecule has 0 aromatic carbocycles. The van der Waals surface area contributed by atoms with Crippen LogP contribution < -0.4 is 0 Å². The minimum Gasteiger partial charge on any atom is -0.466 e. The van der Waals surface area contributed by atoms with Crippen molar-refractivity contribution in [3.63, 3.8) is 0 Å². The first-order valence-electron chi connectivity index (χ1n) is 20.9. The van der Waals surface area contributed by atoms with Crippen molar-refractivity contribution in [2.75, 3.05) is 6.61 Å². The molecule has 0 amide bonds. The Balaban J connectivity index is 3.12. The molecule has 1 unspecified atom stereocenters. The zero-order valence-corrected chi connectivity index (χ0v) is 31.1. The molecular weight excluding hydrogens is 536 g/mol. The van der Waals surface area contributed by atoms with Gasteiger partial charge in [-0.05, 0) is 18.8 Å². The second-order valence-electron chi connectivity index (χ2n) is 14.6. The molecule has 0 aromatic rings. The fourth-order valence-electron chi connectivity index (χ4n) is 6.53. The number of esters is 1. The van der Waals surface area contributed by atoms with Crippen molar-refractivity contribution in [1.82, 2.24) is 0 Å². The van der Waals surface area contributed by atoms with E-state index < -0.39 is 0 Å². The summed E-state index contributed by atoms with van der Waals surface area (Å²) in [7, 11) is 0. The molecule has 0 bridgehead atoms. The molecule has 2 heteroatoms. The molecule has 0 rings (SSSR count). The van der Waals surface area contributed by atoms with E-state index in [0.29, 0.717) is 13.0 Å². The summed E-state index contributed by atoms with van der Waals surface area (Å²) in [6.45, 7) is 7.62. The highest BCUT2D eigenvalue weighted by Gasteiger charge is 2.03. The van der Waals surface area contributed by atoms with E-state index in [2.05, 4.69) is 20.8 Å². The lowest BCUT2D eigenvalue weighted by molar-refractivity contribution is -0.143. The number of hydrogen-bond donors (Lipinski definition) is 0. The van der Waals surface area contributed by atoms with Crippen molar-refractivity contribution >= 4 is 5.97 Å². The van der Waals surface area contributed by atoms with E-state index in [4.69, 9.17) is 4.74 Å². The molecule has 0 saturated carbocycles. The molecule has 0 aliphatic rings. The minimum atomic E-state index is 0.0255. The van der Waals surface area contributed by atoms with E-state index in [0.717, 1.165) is 18.8 Å². The van der Waals surface area contributed by atoms with Crippen LogP contribution in [0.5, 0.6) is 0 Å². The molecule has 1 atom stereocenters. The van der Waals surface area contributed by atoms with Gasteiger partial charge in [-0.1, -0.05) is 233 Å². The third-order valence-electron chi connectivity index (χ3n) is 10.0. The van der Waals surface area contributed by atoms with E-state index in [-0.39, 0.29) is 5.97 Å². The van der Waals surface area contributed by atoms with Crippen LogP contribution in [0, 0.1) is 5.92 Å². The predicted molar refractivity (Wildman–Crippen MR) is 198 cm³/mol. The van der Waals surface area contributed by atoms with Gasteiger partial charge in [0.25, 0.3) is 0 Å². The highest BCUT2D eigenvalue weighted by molar-refractivity contribution is 5.69. The van der Waals surface area contributed by atoms with Gasteiger partial charge in [0.05, 0.1) is 6.61 Å². The van der Waals surface area contributed by atoms with Crippen molar-refractivity contribution in [1.29, 1.82) is 0 Å². The van der Waals surface area contributed by atoms with Crippen LogP contribution in [0.15, 0.2) is 0 Å². The van der Waals surface area contributed by atoms with E-state index in [9.17, 15) is 4.79 Å². The van der Waals surface area contributed by atoms with E-state index in [1.165, 1.54) is 212 Å². The van der Waals surface area contributed by atoms with Crippen LogP contribution in [-0.4, -0.2) is 12.6 Å². The zero-order valence-electron chi connectivity index (χ0n) is 31.1. The minimum absolute atomic E-state index is 0.0255. The number of rotatable bonds is 38. The Hall–Kier alpha value is -0.530.